The molecular formula is C20H18N4O4. The average Bonchev–Trinajstić information content (AvgIpc) is 3.42. The first-order valence-electron chi connectivity index (χ1n) is 8.73. The second-order valence-electron chi connectivity index (χ2n) is 6.28. The number of carbonyl (C=O) groups is 1. The molecule has 0 aliphatic carbocycles. The maximum atomic E-state index is 12.1. The number of esters is 1. The van der Waals surface area contributed by atoms with Gasteiger partial charge in [0.2, 0.25) is 0 Å². The molecule has 8 heteroatoms. The van der Waals surface area contributed by atoms with Crippen LogP contribution in [0.1, 0.15) is 23.0 Å². The van der Waals surface area contributed by atoms with Crippen LogP contribution in [0.5, 0.6) is 0 Å². The summed E-state index contributed by atoms with van der Waals surface area (Å²) in [5.74, 6) is 1.66. The van der Waals surface area contributed by atoms with Gasteiger partial charge < -0.3 is 13.6 Å². The van der Waals surface area contributed by atoms with E-state index in [0.29, 0.717) is 11.7 Å². The smallest absolute Gasteiger partial charge is 0.310 e. The lowest BCUT2D eigenvalue weighted by molar-refractivity contribution is -0.144. The van der Waals surface area contributed by atoms with Crippen molar-refractivity contribution in [1.29, 1.82) is 0 Å². The third-order valence-corrected chi connectivity index (χ3v) is 4.15. The van der Waals surface area contributed by atoms with Crippen LogP contribution in [0, 0.1) is 13.8 Å². The first-order chi connectivity index (χ1) is 13.6. The van der Waals surface area contributed by atoms with Gasteiger partial charge in [0.05, 0.1) is 17.7 Å². The van der Waals surface area contributed by atoms with Crippen molar-refractivity contribution in [3.63, 3.8) is 0 Å². The molecule has 8 nitrogen and oxygen atoms in total. The van der Waals surface area contributed by atoms with Crippen molar-refractivity contribution in [3.05, 3.63) is 71.8 Å². The highest BCUT2D eigenvalue weighted by Gasteiger charge is 2.15. The molecule has 0 N–H and O–H groups in total. The van der Waals surface area contributed by atoms with Crippen molar-refractivity contribution < 1.29 is 18.4 Å². The maximum Gasteiger partial charge on any atom is 0.310 e. The lowest BCUT2D eigenvalue weighted by atomic mass is 10.1. The molecule has 3 aromatic heterocycles. The van der Waals surface area contributed by atoms with Crippen LogP contribution in [0.15, 0.2) is 57.6 Å². The monoisotopic (exact) mass is 378 g/mol. The van der Waals surface area contributed by atoms with E-state index in [9.17, 15) is 4.79 Å². The Morgan fingerprint density at radius 1 is 1.14 bits per heavy atom. The van der Waals surface area contributed by atoms with Crippen molar-refractivity contribution in [1.82, 2.24) is 20.0 Å². The summed E-state index contributed by atoms with van der Waals surface area (Å²) in [6.45, 7) is 3.59. The van der Waals surface area contributed by atoms with E-state index >= 15 is 0 Å². The summed E-state index contributed by atoms with van der Waals surface area (Å²) in [6, 6.07) is 11.2. The molecule has 0 fully saturated rings. The van der Waals surface area contributed by atoms with Gasteiger partial charge in [0, 0.05) is 12.4 Å². The number of furan rings is 1. The molecule has 0 spiro atoms. The normalized spacial score (nSPS) is 10.9. The molecule has 4 rings (SSSR count). The van der Waals surface area contributed by atoms with E-state index in [-0.39, 0.29) is 24.9 Å². The minimum absolute atomic E-state index is 0.0763. The number of aromatic nitrogens is 4. The number of hydrogen-bond donors (Lipinski definition) is 0. The van der Waals surface area contributed by atoms with Crippen molar-refractivity contribution >= 4 is 5.97 Å². The Morgan fingerprint density at radius 3 is 2.64 bits per heavy atom. The largest absolute Gasteiger partial charge is 0.466 e. The Morgan fingerprint density at radius 2 is 1.96 bits per heavy atom. The number of benzene rings is 1. The molecule has 0 aliphatic heterocycles. The van der Waals surface area contributed by atoms with E-state index in [2.05, 4.69) is 15.3 Å². The highest BCUT2D eigenvalue weighted by molar-refractivity contribution is 5.72. The molecule has 4 aromatic rings. The molecular weight excluding hydrogens is 360 g/mol. The summed E-state index contributed by atoms with van der Waals surface area (Å²) in [6.07, 6.45) is 3.72. The van der Waals surface area contributed by atoms with Gasteiger partial charge in [0.1, 0.15) is 11.5 Å². The molecule has 3 heterocycles. The summed E-state index contributed by atoms with van der Waals surface area (Å²) >= 11 is 0. The molecule has 0 bridgehead atoms. The summed E-state index contributed by atoms with van der Waals surface area (Å²) in [5.41, 5.74) is 2.50. The van der Waals surface area contributed by atoms with Crippen LogP contribution in [0.4, 0.5) is 0 Å². The second kappa shape index (κ2) is 7.51. The van der Waals surface area contributed by atoms with Crippen LogP contribution in [-0.2, 0) is 22.6 Å². The van der Waals surface area contributed by atoms with E-state index in [4.69, 9.17) is 13.6 Å². The standard InChI is InChI=1S/C20H18N4O4/c1-13-10-17(14(2)27-13)20-23-22-18(28-20)12-26-19(25)11-15-4-6-16(7-5-15)24-9-3-8-21-24/h3-10H,11-12H2,1-2H3. The first kappa shape index (κ1) is 17.7. The van der Waals surface area contributed by atoms with Gasteiger partial charge in [0.15, 0.2) is 6.61 Å². The average molecular weight is 378 g/mol. The predicted octanol–water partition coefficient (Wildman–Crippen LogP) is 3.42. The van der Waals surface area contributed by atoms with Gasteiger partial charge in [-0.3, -0.25) is 4.79 Å². The topological polar surface area (TPSA) is 96.2 Å². The van der Waals surface area contributed by atoms with Crippen LogP contribution >= 0.6 is 0 Å². The fourth-order valence-electron chi connectivity index (χ4n) is 2.81. The highest BCUT2D eigenvalue weighted by atomic mass is 16.5. The number of rotatable bonds is 6. The van der Waals surface area contributed by atoms with Crippen LogP contribution < -0.4 is 0 Å². The van der Waals surface area contributed by atoms with Crippen LogP contribution in [0.3, 0.4) is 0 Å². The number of ether oxygens (including phenoxy) is 1. The first-order valence-corrected chi connectivity index (χ1v) is 8.73. The molecule has 0 atom stereocenters. The van der Waals surface area contributed by atoms with Crippen molar-refractivity contribution in [2.45, 2.75) is 26.9 Å². The van der Waals surface area contributed by atoms with E-state index in [1.165, 1.54) is 0 Å². The van der Waals surface area contributed by atoms with Gasteiger partial charge in [-0.1, -0.05) is 12.1 Å². The second-order valence-corrected chi connectivity index (χ2v) is 6.28. The Kier molecular flexibility index (Phi) is 4.76. The van der Waals surface area contributed by atoms with Gasteiger partial charge in [-0.2, -0.15) is 5.10 Å². The van der Waals surface area contributed by atoms with Crippen molar-refractivity contribution in [2.75, 3.05) is 0 Å². The van der Waals surface area contributed by atoms with Crippen LogP contribution in [0.25, 0.3) is 17.1 Å². The molecule has 0 aliphatic rings. The van der Waals surface area contributed by atoms with Gasteiger partial charge in [-0.25, -0.2) is 4.68 Å². The third-order valence-electron chi connectivity index (χ3n) is 4.15. The molecule has 142 valence electrons. The highest BCUT2D eigenvalue weighted by Crippen LogP contribution is 2.25. The lowest BCUT2D eigenvalue weighted by Gasteiger charge is -2.04. The van der Waals surface area contributed by atoms with Crippen LogP contribution in [-0.4, -0.2) is 25.9 Å². The summed E-state index contributed by atoms with van der Waals surface area (Å²) in [4.78, 5) is 12.1. The molecule has 0 radical (unpaired) electrons. The van der Waals surface area contributed by atoms with Crippen LogP contribution in [0.2, 0.25) is 0 Å². The SMILES string of the molecule is Cc1cc(-c2nnc(COC(=O)Cc3ccc(-n4cccn4)cc3)o2)c(C)o1. The Hall–Kier alpha value is -3.68. The van der Waals surface area contributed by atoms with E-state index < -0.39 is 0 Å². The summed E-state index contributed by atoms with van der Waals surface area (Å²) in [7, 11) is 0. The summed E-state index contributed by atoms with van der Waals surface area (Å²) in [5, 5.41) is 12.1. The molecule has 0 unspecified atom stereocenters. The zero-order chi connectivity index (χ0) is 19.5. The van der Waals surface area contributed by atoms with E-state index in [0.717, 1.165) is 22.6 Å². The fourth-order valence-corrected chi connectivity index (χ4v) is 2.81. The number of aryl methyl sites for hydroxylation is 2. The molecule has 0 amide bonds. The predicted molar refractivity (Wildman–Crippen MR) is 98.5 cm³/mol. The molecule has 1 aromatic carbocycles. The van der Waals surface area contributed by atoms with E-state index in [1.54, 1.807) is 10.9 Å². The number of nitrogens with zero attached hydrogens (tertiary/aromatic N) is 4. The van der Waals surface area contributed by atoms with Gasteiger partial charge >= 0.3 is 5.97 Å². The zero-order valence-electron chi connectivity index (χ0n) is 15.5. The number of hydrogen-bond acceptors (Lipinski definition) is 7. The molecule has 0 saturated carbocycles. The zero-order valence-corrected chi connectivity index (χ0v) is 15.5. The minimum Gasteiger partial charge on any atom is -0.466 e. The maximum absolute atomic E-state index is 12.1. The van der Waals surface area contributed by atoms with Gasteiger partial charge in [-0.05, 0) is 43.7 Å². The molecule has 0 saturated heterocycles. The van der Waals surface area contributed by atoms with Gasteiger partial charge in [-0.15, -0.1) is 10.2 Å². The minimum atomic E-state index is -0.373. The quantitative estimate of drug-likeness (QED) is 0.474. The number of carbonyl (C=O) groups excluding carboxylic acids is 1. The fraction of sp³-hybridized carbons (Fsp3) is 0.200. The van der Waals surface area contributed by atoms with E-state index in [1.807, 2.05) is 56.4 Å². The summed E-state index contributed by atoms with van der Waals surface area (Å²) < 4.78 is 18.0. The Balaban J connectivity index is 1.33. The van der Waals surface area contributed by atoms with Gasteiger partial charge in [0.25, 0.3) is 11.8 Å². The lowest BCUT2D eigenvalue weighted by Crippen LogP contribution is -2.08. The Labute approximate surface area is 160 Å². The van der Waals surface area contributed by atoms with Crippen molar-refractivity contribution in [3.8, 4) is 17.1 Å². The third kappa shape index (κ3) is 3.85. The molecule has 28 heavy (non-hydrogen) atoms. The Bertz CT molecular complexity index is 1080. The van der Waals surface area contributed by atoms with Crippen molar-refractivity contribution in [2.24, 2.45) is 0 Å².